The van der Waals surface area contributed by atoms with E-state index >= 15 is 0 Å². The summed E-state index contributed by atoms with van der Waals surface area (Å²) in [6.45, 7) is 0.580. The summed E-state index contributed by atoms with van der Waals surface area (Å²) in [5.41, 5.74) is 2.59. The Labute approximate surface area is 136 Å². The smallest absolute Gasteiger partial charge is 0.326 e. The molecular formula is C18H23NO4. The number of methoxy groups -OCH3 is 1. The molecule has 0 aromatic heterocycles. The fourth-order valence-corrected chi connectivity index (χ4v) is 3.79. The number of aliphatic carboxylic acids is 1. The van der Waals surface area contributed by atoms with Crippen LogP contribution in [0.1, 0.15) is 36.8 Å². The van der Waals surface area contributed by atoms with Crippen molar-refractivity contribution in [3.05, 3.63) is 29.3 Å². The van der Waals surface area contributed by atoms with Crippen molar-refractivity contribution in [2.24, 2.45) is 5.92 Å². The summed E-state index contributed by atoms with van der Waals surface area (Å²) in [6, 6.07) is 5.50. The number of benzene rings is 1. The van der Waals surface area contributed by atoms with Crippen LogP contribution in [0.3, 0.4) is 0 Å². The van der Waals surface area contributed by atoms with Gasteiger partial charge in [-0.1, -0.05) is 6.07 Å². The minimum absolute atomic E-state index is 0.00291. The average molecular weight is 317 g/mol. The first kappa shape index (κ1) is 15.8. The lowest BCUT2D eigenvalue weighted by Gasteiger charge is -2.28. The quantitative estimate of drug-likeness (QED) is 0.925. The lowest BCUT2D eigenvalue weighted by atomic mass is 9.82. The van der Waals surface area contributed by atoms with Crippen molar-refractivity contribution in [2.45, 2.75) is 44.6 Å². The first-order valence-electron chi connectivity index (χ1n) is 8.26. The number of rotatable bonds is 4. The molecule has 1 N–H and O–H groups in total. The molecule has 1 aliphatic heterocycles. The Morgan fingerprint density at radius 3 is 2.87 bits per heavy atom. The van der Waals surface area contributed by atoms with Gasteiger partial charge in [0, 0.05) is 13.0 Å². The highest BCUT2D eigenvalue weighted by atomic mass is 16.5. The van der Waals surface area contributed by atoms with Crippen molar-refractivity contribution in [1.29, 1.82) is 0 Å². The minimum atomic E-state index is -0.878. The van der Waals surface area contributed by atoms with E-state index in [-0.39, 0.29) is 5.91 Å². The molecule has 0 bridgehead atoms. The van der Waals surface area contributed by atoms with Crippen molar-refractivity contribution >= 4 is 11.9 Å². The Hall–Kier alpha value is -2.04. The normalized spacial score (nSPS) is 23.4. The van der Waals surface area contributed by atoms with E-state index in [2.05, 4.69) is 12.1 Å². The number of hydrogen-bond donors (Lipinski definition) is 1. The predicted octanol–water partition coefficient (Wildman–Crippen LogP) is 2.27. The molecule has 2 aliphatic rings. The molecule has 1 heterocycles. The number of amides is 1. The molecule has 3 rings (SSSR count). The monoisotopic (exact) mass is 317 g/mol. The number of carbonyl (C=O) groups is 2. The van der Waals surface area contributed by atoms with Crippen LogP contribution >= 0.6 is 0 Å². The highest BCUT2D eigenvalue weighted by molar-refractivity contribution is 5.84. The average Bonchev–Trinajstić information content (AvgIpc) is 3.04. The van der Waals surface area contributed by atoms with Crippen molar-refractivity contribution in [2.75, 3.05) is 13.7 Å². The molecule has 0 spiro atoms. The molecule has 23 heavy (non-hydrogen) atoms. The standard InChI is InChI=1S/C18H23NO4/c1-23-15-7-6-13-9-12(4-5-14(13)11-15)10-17(20)19-8-2-3-16(19)18(21)22/h6-7,11-12,16H,2-5,8-10H2,1H3,(H,21,22)/t12?,16-/m0/s1. The van der Waals surface area contributed by atoms with Gasteiger partial charge in [0.1, 0.15) is 11.8 Å². The van der Waals surface area contributed by atoms with Crippen LogP contribution in [-0.4, -0.2) is 41.6 Å². The molecule has 1 unspecified atom stereocenters. The zero-order chi connectivity index (χ0) is 16.4. The van der Waals surface area contributed by atoms with Crippen LogP contribution < -0.4 is 4.74 Å². The number of carbonyl (C=O) groups excluding carboxylic acids is 1. The Morgan fingerprint density at radius 1 is 1.30 bits per heavy atom. The maximum Gasteiger partial charge on any atom is 0.326 e. The first-order chi connectivity index (χ1) is 11.1. The van der Waals surface area contributed by atoms with Gasteiger partial charge in [-0.2, -0.15) is 0 Å². The number of nitrogens with zero attached hydrogens (tertiary/aromatic N) is 1. The van der Waals surface area contributed by atoms with Gasteiger partial charge < -0.3 is 14.7 Å². The van der Waals surface area contributed by atoms with Crippen LogP contribution in [0.4, 0.5) is 0 Å². The van der Waals surface area contributed by atoms with Crippen LogP contribution in [0.2, 0.25) is 0 Å². The van der Waals surface area contributed by atoms with Gasteiger partial charge in [0.15, 0.2) is 0 Å². The van der Waals surface area contributed by atoms with E-state index in [0.29, 0.717) is 25.3 Å². The third-order valence-corrected chi connectivity index (χ3v) is 5.07. The summed E-state index contributed by atoms with van der Waals surface area (Å²) in [5, 5.41) is 9.21. The molecule has 1 fully saturated rings. The van der Waals surface area contributed by atoms with Crippen LogP contribution in [0.5, 0.6) is 5.75 Å². The first-order valence-corrected chi connectivity index (χ1v) is 8.26. The van der Waals surface area contributed by atoms with Crippen LogP contribution in [0.25, 0.3) is 0 Å². The van der Waals surface area contributed by atoms with Crippen molar-refractivity contribution in [3.63, 3.8) is 0 Å². The Bertz CT molecular complexity index is 613. The molecule has 1 aliphatic carbocycles. The molecule has 1 aromatic rings. The number of hydrogen-bond acceptors (Lipinski definition) is 3. The van der Waals surface area contributed by atoms with Crippen molar-refractivity contribution in [1.82, 2.24) is 4.90 Å². The predicted molar refractivity (Wildman–Crippen MR) is 85.5 cm³/mol. The van der Waals surface area contributed by atoms with Crippen molar-refractivity contribution in [3.8, 4) is 5.75 Å². The highest BCUT2D eigenvalue weighted by Crippen LogP contribution is 2.31. The minimum Gasteiger partial charge on any atom is -0.497 e. The van der Waals surface area contributed by atoms with Gasteiger partial charge in [0.2, 0.25) is 5.91 Å². The third kappa shape index (κ3) is 3.33. The molecule has 124 valence electrons. The highest BCUT2D eigenvalue weighted by Gasteiger charge is 2.35. The fourth-order valence-electron chi connectivity index (χ4n) is 3.79. The van der Waals surface area contributed by atoms with Gasteiger partial charge in [-0.05, 0) is 61.3 Å². The van der Waals surface area contributed by atoms with Gasteiger partial charge in [-0.3, -0.25) is 4.79 Å². The van der Waals surface area contributed by atoms with Gasteiger partial charge in [0.05, 0.1) is 7.11 Å². The summed E-state index contributed by atoms with van der Waals surface area (Å²) in [6.07, 6.45) is 4.63. The third-order valence-electron chi connectivity index (χ3n) is 5.07. The maximum absolute atomic E-state index is 12.5. The van der Waals surface area contributed by atoms with E-state index in [1.54, 1.807) is 12.0 Å². The van der Waals surface area contributed by atoms with Crippen LogP contribution in [-0.2, 0) is 22.4 Å². The van der Waals surface area contributed by atoms with E-state index in [1.165, 1.54) is 11.1 Å². The van der Waals surface area contributed by atoms with Crippen LogP contribution in [0.15, 0.2) is 18.2 Å². The number of aryl methyl sites for hydroxylation is 1. The van der Waals surface area contributed by atoms with E-state index in [4.69, 9.17) is 4.74 Å². The number of fused-ring (bicyclic) bond motifs is 1. The van der Waals surface area contributed by atoms with E-state index < -0.39 is 12.0 Å². The zero-order valence-corrected chi connectivity index (χ0v) is 13.5. The van der Waals surface area contributed by atoms with Gasteiger partial charge in [-0.25, -0.2) is 4.79 Å². The number of ether oxygens (including phenoxy) is 1. The molecule has 0 saturated carbocycles. The zero-order valence-electron chi connectivity index (χ0n) is 13.5. The summed E-state index contributed by atoms with van der Waals surface area (Å²) >= 11 is 0. The Morgan fingerprint density at radius 2 is 2.13 bits per heavy atom. The molecule has 1 amide bonds. The van der Waals surface area contributed by atoms with E-state index in [1.807, 2.05) is 6.07 Å². The molecule has 2 atom stereocenters. The molecule has 5 nitrogen and oxygen atoms in total. The number of carboxylic acids is 1. The second-order valence-electron chi connectivity index (χ2n) is 6.53. The summed E-state index contributed by atoms with van der Waals surface area (Å²) in [4.78, 5) is 25.3. The molecule has 5 heteroatoms. The largest absolute Gasteiger partial charge is 0.497 e. The second kappa shape index (κ2) is 6.60. The molecule has 0 radical (unpaired) electrons. The number of carboxylic acid groups (broad SMARTS) is 1. The second-order valence-corrected chi connectivity index (χ2v) is 6.53. The Kier molecular flexibility index (Phi) is 4.55. The summed E-state index contributed by atoms with van der Waals surface area (Å²) in [5.74, 6) is 0.298. The van der Waals surface area contributed by atoms with Crippen molar-refractivity contribution < 1.29 is 19.4 Å². The maximum atomic E-state index is 12.5. The van der Waals surface area contributed by atoms with E-state index in [0.717, 1.165) is 31.4 Å². The summed E-state index contributed by atoms with van der Waals surface area (Å²) < 4.78 is 5.26. The topological polar surface area (TPSA) is 66.8 Å². The SMILES string of the molecule is COc1ccc2c(c1)CCC(CC(=O)N1CCC[C@H]1C(=O)O)C2. The fraction of sp³-hybridized carbons (Fsp3) is 0.556. The Balaban J connectivity index is 1.63. The molecular weight excluding hydrogens is 294 g/mol. The van der Waals surface area contributed by atoms with E-state index in [9.17, 15) is 14.7 Å². The van der Waals surface area contributed by atoms with Crippen LogP contribution in [0, 0.1) is 5.92 Å². The number of likely N-dealkylation sites (tertiary alicyclic amines) is 1. The molecule has 1 saturated heterocycles. The lowest BCUT2D eigenvalue weighted by Crippen LogP contribution is -2.41. The van der Waals surface area contributed by atoms with Gasteiger partial charge in [0.25, 0.3) is 0 Å². The van der Waals surface area contributed by atoms with Gasteiger partial charge >= 0.3 is 5.97 Å². The summed E-state index contributed by atoms with van der Waals surface area (Å²) in [7, 11) is 1.67. The van der Waals surface area contributed by atoms with Gasteiger partial charge in [-0.15, -0.1) is 0 Å². The molecule has 1 aromatic carbocycles. The lowest BCUT2D eigenvalue weighted by molar-refractivity contribution is -0.148.